The summed E-state index contributed by atoms with van der Waals surface area (Å²) in [6.07, 6.45) is 2.48. The first kappa shape index (κ1) is 12.2. The maximum Gasteiger partial charge on any atom is 0.272 e. The van der Waals surface area contributed by atoms with E-state index >= 15 is 0 Å². The van der Waals surface area contributed by atoms with Gasteiger partial charge in [0.2, 0.25) is 0 Å². The number of pyridine rings is 1. The molecule has 1 atom stereocenters. The van der Waals surface area contributed by atoms with Gasteiger partial charge in [-0.25, -0.2) is 4.98 Å². The van der Waals surface area contributed by atoms with Crippen LogP contribution in [0.3, 0.4) is 0 Å². The van der Waals surface area contributed by atoms with E-state index in [0.29, 0.717) is 17.7 Å². The average Bonchev–Trinajstić information content (AvgIpc) is 3.29. The number of hydrogen-bond donors (Lipinski definition) is 0. The van der Waals surface area contributed by atoms with Crippen molar-refractivity contribution in [1.82, 2.24) is 9.88 Å². The predicted octanol–water partition coefficient (Wildman–Crippen LogP) is 3.11. The third-order valence-corrected chi connectivity index (χ3v) is 4.05. The predicted molar refractivity (Wildman–Crippen MR) is 76.0 cm³/mol. The molecule has 3 rings (SSSR count). The van der Waals surface area contributed by atoms with Crippen LogP contribution in [0.5, 0.6) is 0 Å². The summed E-state index contributed by atoms with van der Waals surface area (Å²) in [4.78, 5) is 18.7. The van der Waals surface area contributed by atoms with E-state index in [1.165, 1.54) is 12.8 Å². The standard InChI is InChI=1S/C16H18N2O/c1-11(12-7-8-12)18(2)16(19)15-10-9-13-5-3-4-6-14(13)17-15/h3-6,9-12H,7-8H2,1-2H3. The van der Waals surface area contributed by atoms with Crippen LogP contribution in [0.2, 0.25) is 0 Å². The van der Waals surface area contributed by atoms with Gasteiger partial charge in [0.05, 0.1) is 5.52 Å². The summed E-state index contributed by atoms with van der Waals surface area (Å²) in [5.41, 5.74) is 1.41. The van der Waals surface area contributed by atoms with Crippen LogP contribution in [0.15, 0.2) is 36.4 Å². The van der Waals surface area contributed by atoms with E-state index in [9.17, 15) is 4.79 Å². The van der Waals surface area contributed by atoms with Crippen molar-refractivity contribution in [2.45, 2.75) is 25.8 Å². The summed E-state index contributed by atoms with van der Waals surface area (Å²) in [5, 5.41) is 1.07. The molecule has 0 radical (unpaired) electrons. The van der Waals surface area contributed by atoms with Crippen LogP contribution in [0, 0.1) is 5.92 Å². The second kappa shape index (κ2) is 4.65. The Morgan fingerprint density at radius 3 is 2.74 bits per heavy atom. The number of fused-ring (bicyclic) bond motifs is 1. The van der Waals surface area contributed by atoms with Gasteiger partial charge in [-0.3, -0.25) is 4.79 Å². The molecule has 1 unspecified atom stereocenters. The van der Waals surface area contributed by atoms with Crippen molar-refractivity contribution in [2.24, 2.45) is 5.92 Å². The zero-order valence-electron chi connectivity index (χ0n) is 11.3. The Morgan fingerprint density at radius 2 is 2.00 bits per heavy atom. The Balaban J connectivity index is 1.88. The molecule has 1 amide bonds. The van der Waals surface area contributed by atoms with Crippen LogP contribution in [0.1, 0.15) is 30.3 Å². The number of para-hydroxylation sites is 1. The first-order chi connectivity index (χ1) is 9.16. The van der Waals surface area contributed by atoms with E-state index in [0.717, 1.165) is 10.9 Å². The molecule has 3 nitrogen and oxygen atoms in total. The lowest BCUT2D eigenvalue weighted by Crippen LogP contribution is -2.36. The normalized spacial score (nSPS) is 16.3. The minimum absolute atomic E-state index is 0.0187. The van der Waals surface area contributed by atoms with E-state index in [4.69, 9.17) is 0 Å². The van der Waals surface area contributed by atoms with Gasteiger partial charge in [-0.15, -0.1) is 0 Å². The molecule has 2 aromatic rings. The van der Waals surface area contributed by atoms with E-state index in [1.54, 1.807) is 0 Å². The van der Waals surface area contributed by atoms with Crippen LogP contribution < -0.4 is 0 Å². The first-order valence-corrected chi connectivity index (χ1v) is 6.80. The Bertz CT molecular complexity index is 619. The monoisotopic (exact) mass is 254 g/mol. The number of benzene rings is 1. The van der Waals surface area contributed by atoms with E-state index < -0.39 is 0 Å². The third-order valence-electron chi connectivity index (χ3n) is 4.05. The molecule has 1 heterocycles. The number of carbonyl (C=O) groups is 1. The quantitative estimate of drug-likeness (QED) is 0.843. The second-order valence-corrected chi connectivity index (χ2v) is 5.38. The molecule has 1 aliphatic carbocycles. The highest BCUT2D eigenvalue weighted by Crippen LogP contribution is 2.35. The minimum atomic E-state index is 0.0187. The van der Waals surface area contributed by atoms with Gasteiger partial charge in [0, 0.05) is 18.5 Å². The number of nitrogens with zero attached hydrogens (tertiary/aromatic N) is 2. The van der Waals surface area contributed by atoms with Gasteiger partial charge in [0.25, 0.3) is 5.91 Å². The molecule has 0 aliphatic heterocycles. The largest absolute Gasteiger partial charge is 0.337 e. The van der Waals surface area contributed by atoms with Crippen LogP contribution in [0.4, 0.5) is 0 Å². The molecule has 98 valence electrons. The number of rotatable bonds is 3. The van der Waals surface area contributed by atoms with Crippen molar-refractivity contribution >= 4 is 16.8 Å². The fourth-order valence-corrected chi connectivity index (χ4v) is 2.45. The lowest BCUT2D eigenvalue weighted by atomic mass is 10.1. The van der Waals surface area contributed by atoms with Crippen molar-refractivity contribution in [1.29, 1.82) is 0 Å². The van der Waals surface area contributed by atoms with Crippen molar-refractivity contribution in [2.75, 3.05) is 7.05 Å². The summed E-state index contributed by atoms with van der Waals surface area (Å²) < 4.78 is 0. The van der Waals surface area contributed by atoms with Crippen molar-refractivity contribution in [3.05, 3.63) is 42.1 Å². The molecule has 0 N–H and O–H groups in total. The van der Waals surface area contributed by atoms with E-state index in [-0.39, 0.29) is 5.91 Å². The lowest BCUT2D eigenvalue weighted by molar-refractivity contribution is 0.0722. The molecule has 3 heteroatoms. The highest BCUT2D eigenvalue weighted by Gasteiger charge is 2.33. The van der Waals surface area contributed by atoms with E-state index in [1.807, 2.05) is 48.3 Å². The molecular formula is C16H18N2O. The number of hydrogen-bond acceptors (Lipinski definition) is 2. The fraction of sp³-hybridized carbons (Fsp3) is 0.375. The lowest BCUT2D eigenvalue weighted by Gasteiger charge is -2.24. The van der Waals surface area contributed by atoms with Crippen LogP contribution in [-0.4, -0.2) is 28.9 Å². The Hall–Kier alpha value is -1.90. The van der Waals surface area contributed by atoms with Gasteiger partial charge in [0.15, 0.2) is 0 Å². The van der Waals surface area contributed by atoms with Gasteiger partial charge in [-0.05, 0) is 37.8 Å². The highest BCUT2D eigenvalue weighted by molar-refractivity contribution is 5.94. The molecule has 0 bridgehead atoms. The van der Waals surface area contributed by atoms with Crippen LogP contribution >= 0.6 is 0 Å². The highest BCUT2D eigenvalue weighted by atomic mass is 16.2. The smallest absolute Gasteiger partial charge is 0.272 e. The average molecular weight is 254 g/mol. The van der Waals surface area contributed by atoms with Gasteiger partial charge in [-0.1, -0.05) is 24.3 Å². The van der Waals surface area contributed by atoms with E-state index in [2.05, 4.69) is 11.9 Å². The molecule has 1 saturated carbocycles. The SMILES string of the molecule is CC(C1CC1)N(C)C(=O)c1ccc2ccccc2n1. The molecule has 1 aliphatic rings. The molecular weight excluding hydrogens is 236 g/mol. The fourth-order valence-electron chi connectivity index (χ4n) is 2.45. The van der Waals surface area contributed by atoms with Crippen molar-refractivity contribution in [3.8, 4) is 0 Å². The molecule has 0 saturated heterocycles. The maximum atomic E-state index is 12.4. The zero-order valence-corrected chi connectivity index (χ0v) is 11.3. The van der Waals surface area contributed by atoms with Crippen molar-refractivity contribution < 1.29 is 4.79 Å². The number of aromatic nitrogens is 1. The Kier molecular flexibility index (Phi) is 2.97. The summed E-state index contributed by atoms with van der Waals surface area (Å²) in [6.45, 7) is 2.12. The zero-order chi connectivity index (χ0) is 13.4. The summed E-state index contributed by atoms with van der Waals surface area (Å²) in [7, 11) is 1.88. The molecule has 1 aromatic heterocycles. The first-order valence-electron chi connectivity index (χ1n) is 6.80. The summed E-state index contributed by atoms with van der Waals surface area (Å²) >= 11 is 0. The topological polar surface area (TPSA) is 33.2 Å². The van der Waals surface area contributed by atoms with Gasteiger partial charge < -0.3 is 4.90 Å². The van der Waals surface area contributed by atoms with Gasteiger partial charge >= 0.3 is 0 Å². The third kappa shape index (κ3) is 2.33. The summed E-state index contributed by atoms with van der Waals surface area (Å²) in [5.74, 6) is 0.694. The van der Waals surface area contributed by atoms with Crippen LogP contribution in [-0.2, 0) is 0 Å². The molecule has 1 aromatic carbocycles. The Morgan fingerprint density at radius 1 is 1.26 bits per heavy atom. The van der Waals surface area contributed by atoms with Crippen molar-refractivity contribution in [3.63, 3.8) is 0 Å². The second-order valence-electron chi connectivity index (χ2n) is 5.38. The van der Waals surface area contributed by atoms with Gasteiger partial charge in [0.1, 0.15) is 5.69 Å². The van der Waals surface area contributed by atoms with Crippen LogP contribution in [0.25, 0.3) is 10.9 Å². The number of amides is 1. The minimum Gasteiger partial charge on any atom is -0.337 e. The molecule has 1 fully saturated rings. The maximum absolute atomic E-state index is 12.4. The molecule has 19 heavy (non-hydrogen) atoms. The summed E-state index contributed by atoms with van der Waals surface area (Å²) in [6, 6.07) is 12.0. The Labute approximate surface area is 113 Å². The van der Waals surface area contributed by atoms with Gasteiger partial charge in [-0.2, -0.15) is 0 Å². The molecule has 0 spiro atoms. The number of carbonyl (C=O) groups excluding carboxylic acids is 1.